The molecule has 1 aromatic rings. The molecule has 7 nitrogen and oxygen atoms in total. The van der Waals surface area contributed by atoms with Crippen molar-refractivity contribution in [3.63, 3.8) is 0 Å². The molecule has 102 valence electrons. The van der Waals surface area contributed by atoms with E-state index in [4.69, 9.17) is 0 Å². The van der Waals surface area contributed by atoms with E-state index in [0.717, 1.165) is 6.07 Å². The Morgan fingerprint density at radius 1 is 1.21 bits per heavy atom. The summed E-state index contributed by atoms with van der Waals surface area (Å²) in [5.74, 6) is -0.469. The summed E-state index contributed by atoms with van der Waals surface area (Å²) in [6, 6.07) is 1.38. The number of ether oxygens (including phenoxy) is 1. The minimum Gasteiger partial charge on any atom is -0.480 e. The van der Waals surface area contributed by atoms with Gasteiger partial charge in [0.05, 0.1) is 27.5 Å². The maximum absolute atomic E-state index is 12.5. The molecule has 19 heavy (non-hydrogen) atoms. The third-order valence-corrected chi connectivity index (χ3v) is 2.60. The number of rotatable bonds is 2. The Morgan fingerprint density at radius 3 is 2.32 bits per heavy atom. The minimum absolute atomic E-state index is 0.280. The van der Waals surface area contributed by atoms with Crippen molar-refractivity contribution in [2.75, 3.05) is 0 Å². The highest BCUT2D eigenvalue weighted by atomic mass is 19.4. The summed E-state index contributed by atoms with van der Waals surface area (Å²) in [6.07, 6.45) is -7.64. The van der Waals surface area contributed by atoms with Gasteiger partial charge in [-0.3, -0.25) is 20.2 Å². The lowest BCUT2D eigenvalue weighted by Crippen LogP contribution is -2.32. The van der Waals surface area contributed by atoms with Crippen molar-refractivity contribution >= 4 is 11.4 Å². The lowest BCUT2D eigenvalue weighted by molar-refractivity contribution is -0.394. The summed E-state index contributed by atoms with van der Waals surface area (Å²) in [5.41, 5.74) is -1.71. The number of nitrogens with zero attached hydrogens (tertiary/aromatic N) is 2. The molecule has 0 saturated carbocycles. The van der Waals surface area contributed by atoms with Crippen molar-refractivity contribution in [1.82, 2.24) is 0 Å². The van der Waals surface area contributed by atoms with E-state index in [1.807, 2.05) is 0 Å². The van der Waals surface area contributed by atoms with E-state index in [1.54, 1.807) is 0 Å². The van der Waals surface area contributed by atoms with Crippen LogP contribution < -0.4 is 4.74 Å². The second-order valence-corrected chi connectivity index (χ2v) is 3.81. The number of nitro benzene ring substituents is 2. The van der Waals surface area contributed by atoms with Crippen LogP contribution in [0.25, 0.3) is 0 Å². The van der Waals surface area contributed by atoms with Gasteiger partial charge in [0.25, 0.3) is 11.4 Å². The van der Waals surface area contributed by atoms with E-state index < -0.39 is 45.7 Å². The standard InChI is InChI=1S/C9H5F3N2O5/c10-9(11,12)8-3-5-6(14(17)18)1-4(13(15)16)2-7(5)19-8/h1-2,8H,3H2. The zero-order valence-corrected chi connectivity index (χ0v) is 9.01. The van der Waals surface area contributed by atoms with Gasteiger partial charge in [0.15, 0.2) is 6.10 Å². The number of benzene rings is 1. The van der Waals surface area contributed by atoms with Crippen LogP contribution in [0, 0.1) is 20.2 Å². The summed E-state index contributed by atoms with van der Waals surface area (Å²) < 4.78 is 42.0. The van der Waals surface area contributed by atoms with E-state index in [-0.39, 0.29) is 5.56 Å². The molecule has 1 heterocycles. The predicted octanol–water partition coefficient (Wildman–Crippen LogP) is 2.37. The van der Waals surface area contributed by atoms with Crippen LogP contribution in [0.2, 0.25) is 0 Å². The number of non-ortho nitro benzene ring substituents is 1. The van der Waals surface area contributed by atoms with Crippen LogP contribution in [0.5, 0.6) is 5.75 Å². The third kappa shape index (κ3) is 2.28. The van der Waals surface area contributed by atoms with Gasteiger partial charge in [0, 0.05) is 6.42 Å². The highest BCUT2D eigenvalue weighted by Gasteiger charge is 2.48. The number of halogens is 3. The van der Waals surface area contributed by atoms with Crippen LogP contribution in [-0.4, -0.2) is 22.1 Å². The lowest BCUT2D eigenvalue weighted by Gasteiger charge is -2.13. The molecule has 1 unspecified atom stereocenters. The molecule has 0 radical (unpaired) electrons. The number of alkyl halides is 3. The molecular weight excluding hydrogens is 273 g/mol. The molecule has 0 aliphatic carbocycles. The predicted molar refractivity (Wildman–Crippen MR) is 53.9 cm³/mol. The Bertz CT molecular complexity index is 572. The molecular formula is C9H5F3N2O5. The van der Waals surface area contributed by atoms with Gasteiger partial charge in [-0.15, -0.1) is 0 Å². The normalized spacial score (nSPS) is 17.7. The van der Waals surface area contributed by atoms with Crippen LogP contribution in [0.15, 0.2) is 12.1 Å². The van der Waals surface area contributed by atoms with Crippen LogP contribution in [0.1, 0.15) is 5.56 Å². The summed E-state index contributed by atoms with van der Waals surface area (Å²) in [4.78, 5) is 19.4. The zero-order valence-electron chi connectivity index (χ0n) is 9.01. The van der Waals surface area contributed by atoms with Gasteiger partial charge in [-0.25, -0.2) is 0 Å². The summed E-state index contributed by atoms with van der Waals surface area (Å²) in [5, 5.41) is 21.3. The first-order valence-electron chi connectivity index (χ1n) is 4.89. The number of nitro groups is 2. The number of hydrogen-bond donors (Lipinski definition) is 0. The van der Waals surface area contributed by atoms with E-state index in [9.17, 15) is 33.4 Å². The average molecular weight is 278 g/mol. The summed E-state index contributed by atoms with van der Waals surface area (Å²) >= 11 is 0. The molecule has 10 heteroatoms. The Kier molecular flexibility index (Phi) is 2.80. The molecule has 0 aromatic heterocycles. The molecule has 1 aromatic carbocycles. The molecule has 0 N–H and O–H groups in total. The average Bonchev–Trinajstić information content (AvgIpc) is 2.70. The minimum atomic E-state index is -4.69. The first-order valence-corrected chi connectivity index (χ1v) is 4.89. The second kappa shape index (κ2) is 4.07. The second-order valence-electron chi connectivity index (χ2n) is 3.81. The first-order chi connectivity index (χ1) is 8.70. The fraction of sp³-hybridized carbons (Fsp3) is 0.333. The molecule has 2 rings (SSSR count). The summed E-state index contributed by atoms with van der Waals surface area (Å²) in [6.45, 7) is 0. The molecule has 1 atom stereocenters. The van der Waals surface area contributed by atoms with E-state index in [2.05, 4.69) is 4.74 Å². The van der Waals surface area contributed by atoms with Crippen LogP contribution in [0.3, 0.4) is 0 Å². The highest BCUT2D eigenvalue weighted by molar-refractivity contribution is 5.59. The Labute approximate surface area is 102 Å². The van der Waals surface area contributed by atoms with Crippen LogP contribution >= 0.6 is 0 Å². The number of hydrogen-bond acceptors (Lipinski definition) is 5. The Hall–Kier alpha value is -2.39. The van der Waals surface area contributed by atoms with Gasteiger partial charge in [-0.05, 0) is 0 Å². The molecule has 0 bridgehead atoms. The zero-order chi connectivity index (χ0) is 14.4. The number of fused-ring (bicyclic) bond motifs is 1. The first kappa shape index (κ1) is 13.1. The molecule has 1 aliphatic rings. The van der Waals surface area contributed by atoms with Crippen molar-refractivity contribution < 1.29 is 27.8 Å². The fourth-order valence-electron chi connectivity index (χ4n) is 1.76. The monoisotopic (exact) mass is 278 g/mol. The van der Waals surface area contributed by atoms with Crippen molar-refractivity contribution in [2.45, 2.75) is 18.7 Å². The van der Waals surface area contributed by atoms with Crippen LogP contribution in [-0.2, 0) is 6.42 Å². The van der Waals surface area contributed by atoms with E-state index in [1.165, 1.54) is 0 Å². The molecule has 0 amide bonds. The van der Waals surface area contributed by atoms with Gasteiger partial charge < -0.3 is 4.74 Å². The maximum atomic E-state index is 12.5. The topological polar surface area (TPSA) is 95.5 Å². The molecule has 0 fully saturated rings. The Morgan fingerprint density at radius 2 is 1.84 bits per heavy atom. The van der Waals surface area contributed by atoms with Gasteiger partial charge in [0.2, 0.25) is 0 Å². The van der Waals surface area contributed by atoms with Crippen molar-refractivity contribution in [3.8, 4) is 5.75 Å². The van der Waals surface area contributed by atoms with Crippen molar-refractivity contribution in [2.24, 2.45) is 0 Å². The van der Waals surface area contributed by atoms with Gasteiger partial charge >= 0.3 is 6.18 Å². The Balaban J connectivity index is 2.51. The maximum Gasteiger partial charge on any atom is 0.425 e. The van der Waals surface area contributed by atoms with Gasteiger partial charge in [-0.2, -0.15) is 13.2 Å². The van der Waals surface area contributed by atoms with E-state index in [0.29, 0.717) is 6.07 Å². The quantitative estimate of drug-likeness (QED) is 0.611. The molecule has 0 saturated heterocycles. The SMILES string of the molecule is O=[N+]([O-])c1cc2c(c([N+](=O)[O-])c1)CC(C(F)(F)F)O2. The van der Waals surface area contributed by atoms with Crippen molar-refractivity contribution in [3.05, 3.63) is 37.9 Å². The molecule has 0 spiro atoms. The third-order valence-electron chi connectivity index (χ3n) is 2.60. The molecule has 1 aliphatic heterocycles. The smallest absolute Gasteiger partial charge is 0.425 e. The van der Waals surface area contributed by atoms with E-state index >= 15 is 0 Å². The van der Waals surface area contributed by atoms with Crippen molar-refractivity contribution in [1.29, 1.82) is 0 Å². The van der Waals surface area contributed by atoms with Gasteiger partial charge in [0.1, 0.15) is 5.75 Å². The summed E-state index contributed by atoms with van der Waals surface area (Å²) in [7, 11) is 0. The van der Waals surface area contributed by atoms with Gasteiger partial charge in [-0.1, -0.05) is 0 Å². The highest BCUT2D eigenvalue weighted by Crippen LogP contribution is 2.43. The lowest BCUT2D eigenvalue weighted by atomic mass is 10.1. The fourth-order valence-corrected chi connectivity index (χ4v) is 1.76. The van der Waals surface area contributed by atoms with Crippen LogP contribution in [0.4, 0.5) is 24.5 Å². The largest absolute Gasteiger partial charge is 0.480 e.